The zero-order valence-corrected chi connectivity index (χ0v) is 11.9. The monoisotopic (exact) mass is 290 g/mol. The number of nitrogens with zero attached hydrogens (tertiary/aromatic N) is 1. The number of ether oxygens (including phenoxy) is 1. The van der Waals surface area contributed by atoms with Crippen LogP contribution in [0.15, 0.2) is 30.3 Å². The predicted octanol–water partition coefficient (Wildman–Crippen LogP) is 1.45. The molecule has 6 nitrogen and oxygen atoms in total. The molecule has 1 N–H and O–H groups in total. The quantitative estimate of drug-likeness (QED) is 0.852. The van der Waals surface area contributed by atoms with Gasteiger partial charge in [0.05, 0.1) is 13.2 Å². The maximum Gasteiger partial charge on any atom is 0.328 e. The zero-order chi connectivity index (χ0) is 15.2. The van der Waals surface area contributed by atoms with Gasteiger partial charge in [0.15, 0.2) is 0 Å². The van der Waals surface area contributed by atoms with Crippen molar-refractivity contribution in [3.63, 3.8) is 0 Å². The third-order valence-corrected chi connectivity index (χ3v) is 3.25. The molecule has 1 aromatic rings. The molecule has 1 atom stereocenters. The number of urea groups is 1. The van der Waals surface area contributed by atoms with Crippen LogP contribution in [0.25, 0.3) is 0 Å². The number of esters is 1. The summed E-state index contributed by atoms with van der Waals surface area (Å²) in [7, 11) is 0. The van der Waals surface area contributed by atoms with E-state index in [4.69, 9.17) is 4.74 Å². The van der Waals surface area contributed by atoms with E-state index >= 15 is 0 Å². The molecule has 1 aliphatic heterocycles. The van der Waals surface area contributed by atoms with E-state index in [1.807, 2.05) is 30.3 Å². The minimum atomic E-state index is -0.762. The summed E-state index contributed by atoms with van der Waals surface area (Å²) in [6.45, 7) is 2.14. The van der Waals surface area contributed by atoms with Gasteiger partial charge in [-0.15, -0.1) is 0 Å². The van der Waals surface area contributed by atoms with Crippen molar-refractivity contribution in [3.8, 4) is 0 Å². The summed E-state index contributed by atoms with van der Waals surface area (Å²) in [6, 6.07) is 7.92. The Hall–Kier alpha value is -2.37. The van der Waals surface area contributed by atoms with E-state index in [0.29, 0.717) is 0 Å². The molecule has 1 aliphatic rings. The van der Waals surface area contributed by atoms with Gasteiger partial charge in [0, 0.05) is 6.42 Å². The average Bonchev–Trinajstić information content (AvgIpc) is 2.62. The fourth-order valence-electron chi connectivity index (χ4n) is 2.16. The Morgan fingerprint density at radius 2 is 2.05 bits per heavy atom. The van der Waals surface area contributed by atoms with Gasteiger partial charge in [0.1, 0.15) is 6.04 Å². The average molecular weight is 290 g/mol. The van der Waals surface area contributed by atoms with Gasteiger partial charge in [0.2, 0.25) is 5.91 Å². The number of carbonyl (C=O) groups excluding carboxylic acids is 3. The number of benzene rings is 1. The Bertz CT molecular complexity index is 530. The number of nitrogens with one attached hydrogen (secondary N) is 1. The molecule has 0 aliphatic carbocycles. The third kappa shape index (κ3) is 3.81. The summed E-state index contributed by atoms with van der Waals surface area (Å²) in [5.74, 6) is -0.789. The van der Waals surface area contributed by atoms with Crippen molar-refractivity contribution < 1.29 is 19.1 Å². The second-order valence-electron chi connectivity index (χ2n) is 4.76. The van der Waals surface area contributed by atoms with Gasteiger partial charge in [-0.2, -0.15) is 0 Å². The molecule has 0 saturated carbocycles. The van der Waals surface area contributed by atoms with Crippen LogP contribution in [-0.4, -0.2) is 35.5 Å². The molecule has 3 amide bonds. The Morgan fingerprint density at radius 3 is 2.71 bits per heavy atom. The first-order valence-corrected chi connectivity index (χ1v) is 6.93. The first-order valence-electron chi connectivity index (χ1n) is 6.93. The molecule has 0 aromatic heterocycles. The second kappa shape index (κ2) is 6.88. The van der Waals surface area contributed by atoms with E-state index in [9.17, 15) is 14.4 Å². The van der Waals surface area contributed by atoms with Crippen LogP contribution in [0.3, 0.4) is 0 Å². The molecular formula is C15H18N2O4. The van der Waals surface area contributed by atoms with Crippen molar-refractivity contribution in [1.82, 2.24) is 10.2 Å². The summed E-state index contributed by atoms with van der Waals surface area (Å²) in [6.07, 6.45) is 0.393. The Kier molecular flexibility index (Phi) is 4.92. The Labute approximate surface area is 123 Å². The van der Waals surface area contributed by atoms with E-state index in [-0.39, 0.29) is 31.9 Å². The Balaban J connectivity index is 2.08. The van der Waals surface area contributed by atoms with Crippen molar-refractivity contribution in [2.75, 3.05) is 6.61 Å². The van der Waals surface area contributed by atoms with Crippen LogP contribution in [-0.2, 0) is 20.9 Å². The van der Waals surface area contributed by atoms with Crippen LogP contribution >= 0.6 is 0 Å². The molecule has 112 valence electrons. The highest BCUT2D eigenvalue weighted by Crippen LogP contribution is 2.13. The highest BCUT2D eigenvalue weighted by atomic mass is 16.5. The van der Waals surface area contributed by atoms with Crippen LogP contribution in [0.2, 0.25) is 0 Å². The van der Waals surface area contributed by atoms with Crippen molar-refractivity contribution in [3.05, 3.63) is 35.9 Å². The van der Waals surface area contributed by atoms with Crippen molar-refractivity contribution in [1.29, 1.82) is 0 Å². The lowest BCUT2D eigenvalue weighted by atomic mass is 10.1. The summed E-state index contributed by atoms with van der Waals surface area (Å²) in [5.41, 5.74) is 0.857. The van der Waals surface area contributed by atoms with Gasteiger partial charge < -0.3 is 10.1 Å². The molecule has 2 rings (SSSR count). The first-order chi connectivity index (χ1) is 10.1. The summed E-state index contributed by atoms with van der Waals surface area (Å²) < 4.78 is 4.89. The van der Waals surface area contributed by atoms with Crippen molar-refractivity contribution in [2.24, 2.45) is 0 Å². The van der Waals surface area contributed by atoms with E-state index in [0.717, 1.165) is 10.5 Å². The minimum Gasteiger partial charge on any atom is -0.464 e. The Morgan fingerprint density at radius 1 is 1.33 bits per heavy atom. The summed E-state index contributed by atoms with van der Waals surface area (Å²) in [5, 5.41) is 2.56. The number of hydrogen-bond donors (Lipinski definition) is 1. The molecule has 6 heteroatoms. The molecule has 0 spiro atoms. The van der Waals surface area contributed by atoms with Gasteiger partial charge in [-0.1, -0.05) is 30.3 Å². The minimum absolute atomic E-state index is 0.134. The molecule has 1 fully saturated rings. The number of carbonyl (C=O) groups is 3. The SMILES string of the molecule is CCOC(=O)C1CCC(=O)N(Cc2ccccc2)C(=O)N1. The summed E-state index contributed by atoms with van der Waals surface area (Å²) in [4.78, 5) is 37.0. The highest BCUT2D eigenvalue weighted by Gasteiger charge is 2.32. The van der Waals surface area contributed by atoms with Crippen molar-refractivity contribution in [2.45, 2.75) is 32.4 Å². The lowest BCUT2D eigenvalue weighted by molar-refractivity contribution is -0.145. The van der Waals surface area contributed by atoms with Gasteiger partial charge in [0.25, 0.3) is 0 Å². The number of amides is 3. The van der Waals surface area contributed by atoms with E-state index in [1.165, 1.54) is 0 Å². The van der Waals surface area contributed by atoms with Gasteiger partial charge in [-0.25, -0.2) is 9.59 Å². The lowest BCUT2D eigenvalue weighted by Crippen LogP contribution is -2.46. The molecular weight excluding hydrogens is 272 g/mol. The maximum atomic E-state index is 12.1. The largest absolute Gasteiger partial charge is 0.464 e. The fourth-order valence-corrected chi connectivity index (χ4v) is 2.16. The highest BCUT2D eigenvalue weighted by molar-refractivity contribution is 5.97. The van der Waals surface area contributed by atoms with E-state index in [2.05, 4.69) is 5.32 Å². The van der Waals surface area contributed by atoms with E-state index < -0.39 is 18.0 Å². The molecule has 0 bridgehead atoms. The second-order valence-corrected chi connectivity index (χ2v) is 4.76. The van der Waals surface area contributed by atoms with Crippen LogP contribution in [0.5, 0.6) is 0 Å². The van der Waals surface area contributed by atoms with Gasteiger partial charge in [-0.3, -0.25) is 9.69 Å². The zero-order valence-electron chi connectivity index (χ0n) is 11.9. The maximum absolute atomic E-state index is 12.1. The van der Waals surface area contributed by atoms with Crippen LogP contribution in [0.1, 0.15) is 25.3 Å². The van der Waals surface area contributed by atoms with E-state index in [1.54, 1.807) is 6.92 Å². The third-order valence-electron chi connectivity index (χ3n) is 3.25. The normalized spacial score (nSPS) is 18.9. The molecule has 0 radical (unpaired) electrons. The number of imide groups is 1. The molecule has 1 saturated heterocycles. The van der Waals surface area contributed by atoms with Gasteiger partial charge >= 0.3 is 12.0 Å². The number of hydrogen-bond acceptors (Lipinski definition) is 4. The standard InChI is InChI=1S/C15H18N2O4/c1-2-21-14(19)12-8-9-13(18)17(15(20)16-12)10-11-6-4-3-5-7-11/h3-7,12H,2,8-10H2,1H3,(H,16,20). The lowest BCUT2D eigenvalue weighted by Gasteiger charge is -2.19. The topological polar surface area (TPSA) is 75.7 Å². The predicted molar refractivity (Wildman–Crippen MR) is 75.2 cm³/mol. The first kappa shape index (κ1) is 15.0. The molecule has 1 heterocycles. The molecule has 1 aromatic carbocycles. The number of rotatable bonds is 4. The van der Waals surface area contributed by atoms with Crippen LogP contribution in [0, 0.1) is 0 Å². The molecule has 21 heavy (non-hydrogen) atoms. The smallest absolute Gasteiger partial charge is 0.328 e. The fraction of sp³-hybridized carbons (Fsp3) is 0.400. The van der Waals surface area contributed by atoms with Gasteiger partial charge in [-0.05, 0) is 18.9 Å². The molecule has 1 unspecified atom stereocenters. The van der Waals surface area contributed by atoms with Crippen molar-refractivity contribution >= 4 is 17.9 Å². The summed E-state index contributed by atoms with van der Waals surface area (Å²) >= 11 is 0. The van der Waals surface area contributed by atoms with Crippen LogP contribution in [0.4, 0.5) is 4.79 Å². The van der Waals surface area contributed by atoms with Crippen LogP contribution < -0.4 is 5.32 Å².